The zero-order valence-electron chi connectivity index (χ0n) is 14.0. The van der Waals surface area contributed by atoms with Gasteiger partial charge in [-0.1, -0.05) is 17.8 Å². The number of nitrogens with zero attached hydrogens (tertiary/aromatic N) is 4. The Balaban J connectivity index is 1.99. The molecule has 8 heteroatoms. The van der Waals surface area contributed by atoms with Crippen molar-refractivity contribution in [1.29, 1.82) is 0 Å². The van der Waals surface area contributed by atoms with Crippen molar-refractivity contribution >= 4 is 39.5 Å². The molecule has 0 spiro atoms. The molecule has 1 aliphatic rings. The van der Waals surface area contributed by atoms with Gasteiger partial charge in [0.1, 0.15) is 5.52 Å². The molecule has 3 aromatic rings. The summed E-state index contributed by atoms with van der Waals surface area (Å²) in [6, 6.07) is 4.25. The first-order chi connectivity index (χ1) is 12.1. The first-order valence-corrected chi connectivity index (χ1v) is 9.58. The number of hydrogen-bond donors (Lipinski definition) is 2. The van der Waals surface area contributed by atoms with Crippen molar-refractivity contribution < 1.29 is 4.79 Å². The van der Waals surface area contributed by atoms with Crippen molar-refractivity contribution in [2.75, 3.05) is 6.26 Å². The Hall–Kier alpha value is -2.19. The van der Waals surface area contributed by atoms with Gasteiger partial charge in [0.25, 0.3) is 5.91 Å². The van der Waals surface area contributed by atoms with Crippen LogP contribution in [-0.4, -0.2) is 38.0 Å². The molecule has 1 fully saturated rings. The predicted octanol–water partition coefficient (Wildman–Crippen LogP) is 2.24. The second-order valence-electron chi connectivity index (χ2n) is 6.48. The number of amides is 1. The lowest BCUT2D eigenvalue weighted by atomic mass is 9.92. The number of thioether (sulfide) groups is 1. The summed E-state index contributed by atoms with van der Waals surface area (Å²) < 4.78 is 1.95. The van der Waals surface area contributed by atoms with Crippen molar-refractivity contribution in [1.82, 2.24) is 19.7 Å². The third kappa shape index (κ3) is 2.75. The third-order valence-corrected chi connectivity index (χ3v) is 5.46. The Morgan fingerprint density at radius 1 is 1.28 bits per heavy atom. The molecule has 2 aromatic heterocycles. The lowest BCUT2D eigenvalue weighted by Crippen LogP contribution is -2.28. The number of rotatable bonds is 3. The van der Waals surface area contributed by atoms with Crippen molar-refractivity contribution in [3.05, 3.63) is 24.0 Å². The fourth-order valence-corrected chi connectivity index (χ4v) is 3.93. The monoisotopic (exact) mass is 356 g/mol. The fourth-order valence-electron chi connectivity index (χ4n) is 3.59. The van der Waals surface area contributed by atoms with E-state index in [1.807, 2.05) is 29.3 Å². The molecule has 0 bridgehead atoms. The van der Waals surface area contributed by atoms with E-state index in [1.54, 1.807) is 0 Å². The topological polar surface area (TPSA) is 113 Å². The Morgan fingerprint density at radius 2 is 2.04 bits per heavy atom. The average Bonchev–Trinajstić information content (AvgIpc) is 3.02. The minimum Gasteiger partial charge on any atom is -0.364 e. The van der Waals surface area contributed by atoms with E-state index in [2.05, 4.69) is 15.1 Å². The molecule has 0 radical (unpaired) electrons. The largest absolute Gasteiger partial charge is 0.364 e. The summed E-state index contributed by atoms with van der Waals surface area (Å²) in [6.45, 7) is 0. The summed E-state index contributed by atoms with van der Waals surface area (Å²) in [5.41, 5.74) is 13.6. The highest BCUT2D eigenvalue weighted by Crippen LogP contribution is 2.34. The second-order valence-corrected chi connectivity index (χ2v) is 7.26. The van der Waals surface area contributed by atoms with E-state index in [0.29, 0.717) is 10.9 Å². The first-order valence-electron chi connectivity index (χ1n) is 8.36. The fraction of sp³-hybridized carbons (Fsp3) is 0.412. The maximum atomic E-state index is 11.9. The third-order valence-electron chi connectivity index (χ3n) is 4.90. The number of hydrogen-bond acceptors (Lipinski definition) is 6. The van der Waals surface area contributed by atoms with Gasteiger partial charge in [-0.15, -0.1) is 0 Å². The number of carbonyl (C=O) groups excluding carboxylic acids is 1. The Kier molecular flexibility index (Phi) is 4.09. The minimum absolute atomic E-state index is 0.202. The zero-order valence-corrected chi connectivity index (χ0v) is 14.8. The summed E-state index contributed by atoms with van der Waals surface area (Å²) in [7, 11) is 0. The molecule has 4 rings (SSSR count). The molecule has 0 unspecified atom stereocenters. The molecular formula is C17H20N6OS. The molecular weight excluding hydrogens is 336 g/mol. The molecule has 0 atom stereocenters. The number of carbonyl (C=O) groups is 1. The van der Waals surface area contributed by atoms with Gasteiger partial charge in [0, 0.05) is 23.0 Å². The van der Waals surface area contributed by atoms with Crippen molar-refractivity contribution in [2.45, 2.75) is 42.9 Å². The number of nitrogens with two attached hydrogens (primary N) is 2. The van der Waals surface area contributed by atoms with Gasteiger partial charge >= 0.3 is 0 Å². The van der Waals surface area contributed by atoms with Gasteiger partial charge in [-0.2, -0.15) is 5.10 Å². The molecule has 130 valence electrons. The van der Waals surface area contributed by atoms with E-state index in [4.69, 9.17) is 11.5 Å². The van der Waals surface area contributed by atoms with E-state index in [9.17, 15) is 4.79 Å². The molecule has 0 aliphatic heterocycles. The van der Waals surface area contributed by atoms with Crippen molar-refractivity contribution in [3.63, 3.8) is 0 Å². The Labute approximate surface area is 149 Å². The van der Waals surface area contributed by atoms with Gasteiger partial charge < -0.3 is 11.5 Å². The molecule has 1 amide bonds. The van der Waals surface area contributed by atoms with Gasteiger partial charge in [0.15, 0.2) is 10.9 Å². The lowest BCUT2D eigenvalue weighted by Gasteiger charge is -2.27. The van der Waals surface area contributed by atoms with Gasteiger partial charge in [-0.25, -0.2) is 9.97 Å². The molecule has 1 aliphatic carbocycles. The van der Waals surface area contributed by atoms with Crippen LogP contribution in [0.15, 0.2) is 23.5 Å². The SMILES string of the molecule is CSc1ncc2ccc3c(C(N)=O)nn(C4CCC(N)CC4)c3c2n1. The maximum absolute atomic E-state index is 11.9. The first kappa shape index (κ1) is 16.3. The van der Waals surface area contributed by atoms with E-state index in [0.717, 1.165) is 47.5 Å². The summed E-state index contributed by atoms with van der Waals surface area (Å²) in [6.07, 6.45) is 7.53. The van der Waals surface area contributed by atoms with Crippen LogP contribution in [0.3, 0.4) is 0 Å². The van der Waals surface area contributed by atoms with Crippen molar-refractivity contribution in [2.24, 2.45) is 11.5 Å². The van der Waals surface area contributed by atoms with Crippen LogP contribution in [0.1, 0.15) is 42.2 Å². The summed E-state index contributed by atoms with van der Waals surface area (Å²) in [5.74, 6) is -0.519. The normalized spacial score (nSPS) is 21.0. The van der Waals surface area contributed by atoms with Crippen LogP contribution in [0.2, 0.25) is 0 Å². The molecule has 1 aromatic carbocycles. The highest BCUT2D eigenvalue weighted by atomic mass is 32.2. The molecule has 7 nitrogen and oxygen atoms in total. The van der Waals surface area contributed by atoms with Crippen LogP contribution in [-0.2, 0) is 0 Å². The average molecular weight is 356 g/mol. The van der Waals surface area contributed by atoms with Crippen molar-refractivity contribution in [3.8, 4) is 0 Å². The summed E-state index contributed by atoms with van der Waals surface area (Å²) >= 11 is 1.49. The van der Waals surface area contributed by atoms with Crippen LogP contribution in [0.25, 0.3) is 21.8 Å². The van der Waals surface area contributed by atoms with Crippen LogP contribution >= 0.6 is 11.8 Å². The standard InChI is InChI=1S/C17H20N6OS/c1-25-17-20-8-9-2-7-12-14(16(19)24)22-23(15(12)13(9)21-17)11-5-3-10(18)4-6-11/h2,7-8,10-11H,3-6,18H2,1H3,(H2,19,24). The highest BCUT2D eigenvalue weighted by molar-refractivity contribution is 7.98. The predicted molar refractivity (Wildman–Crippen MR) is 98.6 cm³/mol. The number of aromatic nitrogens is 4. The number of benzene rings is 1. The smallest absolute Gasteiger partial charge is 0.269 e. The van der Waals surface area contributed by atoms with Gasteiger partial charge in [0.2, 0.25) is 0 Å². The maximum Gasteiger partial charge on any atom is 0.269 e. The minimum atomic E-state index is -0.519. The van der Waals surface area contributed by atoms with E-state index < -0.39 is 5.91 Å². The van der Waals surface area contributed by atoms with E-state index in [1.165, 1.54) is 11.8 Å². The van der Waals surface area contributed by atoms with Crippen LogP contribution in [0.4, 0.5) is 0 Å². The zero-order chi connectivity index (χ0) is 17.6. The highest BCUT2D eigenvalue weighted by Gasteiger charge is 2.26. The van der Waals surface area contributed by atoms with Crippen LogP contribution < -0.4 is 11.5 Å². The van der Waals surface area contributed by atoms with Gasteiger partial charge in [-0.3, -0.25) is 9.48 Å². The molecule has 2 heterocycles. The second kappa shape index (κ2) is 6.27. The number of fused-ring (bicyclic) bond motifs is 3. The molecule has 4 N–H and O–H groups in total. The molecule has 25 heavy (non-hydrogen) atoms. The van der Waals surface area contributed by atoms with E-state index in [-0.39, 0.29) is 12.1 Å². The van der Waals surface area contributed by atoms with E-state index >= 15 is 0 Å². The summed E-state index contributed by atoms with van der Waals surface area (Å²) in [4.78, 5) is 20.9. The van der Waals surface area contributed by atoms with Crippen LogP contribution in [0, 0.1) is 0 Å². The number of primary amides is 1. The van der Waals surface area contributed by atoms with Gasteiger partial charge in [0.05, 0.1) is 11.6 Å². The quantitative estimate of drug-likeness (QED) is 0.550. The summed E-state index contributed by atoms with van der Waals surface area (Å²) in [5, 5.41) is 6.95. The Morgan fingerprint density at radius 3 is 2.72 bits per heavy atom. The lowest BCUT2D eigenvalue weighted by molar-refractivity contribution is 0.0995. The molecule has 1 saturated carbocycles. The Bertz CT molecular complexity index is 961. The molecule has 0 saturated heterocycles. The van der Waals surface area contributed by atoms with Crippen LogP contribution in [0.5, 0.6) is 0 Å². The van der Waals surface area contributed by atoms with Gasteiger partial charge in [-0.05, 0) is 38.0 Å².